The maximum Gasteiger partial charge on any atom is 0.228 e. The Kier molecular flexibility index (Phi) is 6.98. The molecule has 3 heterocycles. The van der Waals surface area contributed by atoms with Gasteiger partial charge in [-0.2, -0.15) is 0 Å². The fourth-order valence-electron chi connectivity index (χ4n) is 4.48. The first-order valence-electron chi connectivity index (χ1n) is 10.3. The van der Waals surface area contributed by atoms with E-state index in [4.69, 9.17) is 10.8 Å². The number of terminal acetylenes is 1. The number of amides is 1. The maximum absolute atomic E-state index is 13.1. The zero-order valence-corrected chi connectivity index (χ0v) is 16.8. The molecular weight excluding hydrogens is 338 g/mol. The lowest BCUT2D eigenvalue weighted by Crippen LogP contribution is -2.52. The monoisotopic (exact) mass is 371 g/mol. The molecular formula is C22H33N3O2. The molecule has 1 amide bonds. The van der Waals surface area contributed by atoms with E-state index in [-0.39, 0.29) is 11.8 Å². The lowest BCUT2D eigenvalue weighted by Gasteiger charge is -2.43. The Morgan fingerprint density at radius 3 is 2.74 bits per heavy atom. The van der Waals surface area contributed by atoms with Crippen LogP contribution >= 0.6 is 0 Å². The topological polar surface area (TPSA) is 39.9 Å². The van der Waals surface area contributed by atoms with Crippen molar-refractivity contribution >= 4 is 5.91 Å². The Balaban J connectivity index is 1.57. The normalized spacial score (nSPS) is 22.7. The van der Waals surface area contributed by atoms with Gasteiger partial charge in [0.15, 0.2) is 0 Å². The number of nitrogens with zero attached hydrogens (tertiary/aromatic N) is 3. The third-order valence-corrected chi connectivity index (χ3v) is 6.07. The number of carbonyl (C=O) groups is 1. The first-order valence-corrected chi connectivity index (χ1v) is 10.3. The van der Waals surface area contributed by atoms with Crippen molar-refractivity contribution in [3.05, 3.63) is 24.2 Å². The van der Waals surface area contributed by atoms with Crippen molar-refractivity contribution in [2.75, 3.05) is 32.7 Å². The summed E-state index contributed by atoms with van der Waals surface area (Å²) in [6, 6.07) is 4.98. The molecule has 0 spiro atoms. The molecule has 1 aromatic rings. The number of hydrogen-bond donors (Lipinski definition) is 0. The quantitative estimate of drug-likeness (QED) is 0.721. The molecule has 2 saturated heterocycles. The minimum Gasteiger partial charge on any atom is -0.467 e. The molecule has 3 rings (SSSR count). The first-order chi connectivity index (χ1) is 13.1. The molecule has 0 N–H and O–H groups in total. The van der Waals surface area contributed by atoms with Crippen molar-refractivity contribution in [2.45, 2.75) is 58.2 Å². The first kappa shape index (κ1) is 20.0. The zero-order chi connectivity index (χ0) is 19.2. The van der Waals surface area contributed by atoms with E-state index >= 15 is 0 Å². The Morgan fingerprint density at radius 1 is 1.33 bits per heavy atom. The van der Waals surface area contributed by atoms with Gasteiger partial charge in [0.2, 0.25) is 5.91 Å². The lowest BCUT2D eigenvalue weighted by molar-refractivity contribution is -0.138. The molecule has 0 aromatic carbocycles. The fraction of sp³-hybridized carbons (Fsp3) is 0.682. The van der Waals surface area contributed by atoms with Gasteiger partial charge in [-0.3, -0.25) is 9.69 Å². The SMILES string of the molecule is C#CCN(Cc1ccco1)C(=O)[C@@H]1CCCN(C2CCN(C(C)C)CC2)C1. The second-order valence-corrected chi connectivity index (χ2v) is 8.17. The number of likely N-dealkylation sites (tertiary alicyclic amines) is 2. The second kappa shape index (κ2) is 9.43. The van der Waals surface area contributed by atoms with Crippen molar-refractivity contribution in [3.63, 3.8) is 0 Å². The summed E-state index contributed by atoms with van der Waals surface area (Å²) in [6.07, 6.45) is 11.6. The summed E-state index contributed by atoms with van der Waals surface area (Å²) in [5, 5.41) is 0. The van der Waals surface area contributed by atoms with Crippen molar-refractivity contribution in [1.29, 1.82) is 0 Å². The molecule has 5 heteroatoms. The Hall–Kier alpha value is -1.77. The van der Waals surface area contributed by atoms with Gasteiger partial charge in [-0.05, 0) is 71.3 Å². The minimum absolute atomic E-state index is 0.0465. The number of carbonyl (C=O) groups excluding carboxylic acids is 1. The molecule has 0 bridgehead atoms. The van der Waals surface area contributed by atoms with E-state index in [1.165, 1.54) is 25.9 Å². The Bertz CT molecular complexity index is 626. The van der Waals surface area contributed by atoms with Crippen molar-refractivity contribution in [2.24, 2.45) is 5.92 Å². The lowest BCUT2D eigenvalue weighted by atomic mass is 9.92. The largest absolute Gasteiger partial charge is 0.467 e. The molecule has 148 valence electrons. The fourth-order valence-corrected chi connectivity index (χ4v) is 4.48. The number of hydrogen-bond acceptors (Lipinski definition) is 4. The van der Waals surface area contributed by atoms with Crippen LogP contribution in [0.1, 0.15) is 45.3 Å². The van der Waals surface area contributed by atoms with Crippen LogP contribution < -0.4 is 0 Å². The average molecular weight is 372 g/mol. The second-order valence-electron chi connectivity index (χ2n) is 8.17. The molecule has 27 heavy (non-hydrogen) atoms. The molecule has 0 unspecified atom stereocenters. The van der Waals surface area contributed by atoms with Crippen LogP contribution in [0.25, 0.3) is 0 Å². The van der Waals surface area contributed by atoms with Gasteiger partial charge in [0.25, 0.3) is 0 Å². The third-order valence-electron chi connectivity index (χ3n) is 6.07. The van der Waals surface area contributed by atoms with Crippen LogP contribution in [0.2, 0.25) is 0 Å². The van der Waals surface area contributed by atoms with Gasteiger partial charge in [0, 0.05) is 18.6 Å². The van der Waals surface area contributed by atoms with E-state index in [1.807, 2.05) is 12.1 Å². The van der Waals surface area contributed by atoms with Gasteiger partial charge in [0.05, 0.1) is 25.3 Å². The predicted octanol–water partition coefficient (Wildman–Crippen LogP) is 2.83. The van der Waals surface area contributed by atoms with Gasteiger partial charge in [-0.15, -0.1) is 6.42 Å². The smallest absolute Gasteiger partial charge is 0.228 e. The molecule has 0 radical (unpaired) electrons. The molecule has 0 aliphatic carbocycles. The summed E-state index contributed by atoms with van der Waals surface area (Å²) in [5.74, 6) is 3.64. The van der Waals surface area contributed by atoms with Gasteiger partial charge in [-0.1, -0.05) is 5.92 Å². The zero-order valence-electron chi connectivity index (χ0n) is 16.8. The van der Waals surface area contributed by atoms with Crippen LogP contribution in [0.5, 0.6) is 0 Å². The van der Waals surface area contributed by atoms with Gasteiger partial charge in [0.1, 0.15) is 5.76 Å². The highest BCUT2D eigenvalue weighted by Gasteiger charge is 2.33. The van der Waals surface area contributed by atoms with E-state index in [1.54, 1.807) is 11.2 Å². The van der Waals surface area contributed by atoms with Gasteiger partial charge < -0.3 is 14.2 Å². The summed E-state index contributed by atoms with van der Waals surface area (Å²) in [7, 11) is 0. The van der Waals surface area contributed by atoms with E-state index in [9.17, 15) is 4.79 Å². The molecule has 1 aromatic heterocycles. The predicted molar refractivity (Wildman–Crippen MR) is 107 cm³/mol. The van der Waals surface area contributed by atoms with E-state index in [0.29, 0.717) is 25.2 Å². The van der Waals surface area contributed by atoms with Crippen LogP contribution in [0.3, 0.4) is 0 Å². The highest BCUT2D eigenvalue weighted by atomic mass is 16.3. The minimum atomic E-state index is 0.0465. The number of rotatable bonds is 6. The summed E-state index contributed by atoms with van der Waals surface area (Å²) in [5.41, 5.74) is 0. The van der Waals surface area contributed by atoms with Crippen LogP contribution in [0.4, 0.5) is 0 Å². The van der Waals surface area contributed by atoms with E-state index in [2.05, 4.69) is 29.6 Å². The molecule has 5 nitrogen and oxygen atoms in total. The van der Waals surface area contributed by atoms with Crippen LogP contribution in [0, 0.1) is 18.3 Å². The molecule has 2 aliphatic rings. The van der Waals surface area contributed by atoms with Gasteiger partial charge in [-0.25, -0.2) is 0 Å². The highest BCUT2D eigenvalue weighted by Crippen LogP contribution is 2.26. The summed E-state index contributed by atoms with van der Waals surface area (Å²) < 4.78 is 5.42. The molecule has 1 atom stereocenters. The van der Waals surface area contributed by atoms with Crippen molar-refractivity contribution < 1.29 is 9.21 Å². The van der Waals surface area contributed by atoms with E-state index < -0.39 is 0 Å². The van der Waals surface area contributed by atoms with Crippen LogP contribution in [0.15, 0.2) is 22.8 Å². The van der Waals surface area contributed by atoms with E-state index in [0.717, 1.165) is 31.7 Å². The molecule has 0 saturated carbocycles. The van der Waals surface area contributed by atoms with Crippen molar-refractivity contribution in [3.8, 4) is 12.3 Å². The number of piperidine rings is 2. The standard InChI is InChI=1S/C22H33N3O2/c1-4-11-25(17-21-8-6-15-27-21)22(26)19-7-5-12-24(16-19)20-9-13-23(14-10-20)18(2)3/h1,6,8,15,18-20H,5,7,9-14,16-17H2,2-3H3/t19-/m1/s1. The average Bonchev–Trinajstić information content (AvgIpc) is 3.20. The Morgan fingerprint density at radius 2 is 2.11 bits per heavy atom. The Labute approximate surface area is 163 Å². The summed E-state index contributed by atoms with van der Waals surface area (Å²) >= 11 is 0. The third kappa shape index (κ3) is 5.15. The van der Waals surface area contributed by atoms with Crippen LogP contribution in [-0.4, -0.2) is 65.4 Å². The molecule has 2 fully saturated rings. The summed E-state index contributed by atoms with van der Waals surface area (Å²) in [4.78, 5) is 20.0. The maximum atomic E-state index is 13.1. The number of furan rings is 1. The van der Waals surface area contributed by atoms with Crippen molar-refractivity contribution in [1.82, 2.24) is 14.7 Å². The van der Waals surface area contributed by atoms with Gasteiger partial charge >= 0.3 is 0 Å². The summed E-state index contributed by atoms with van der Waals surface area (Å²) in [6.45, 7) is 9.65. The van der Waals surface area contributed by atoms with Crippen LogP contribution in [-0.2, 0) is 11.3 Å². The molecule has 2 aliphatic heterocycles. The highest BCUT2D eigenvalue weighted by molar-refractivity contribution is 5.79.